The summed E-state index contributed by atoms with van der Waals surface area (Å²) in [6.45, 7) is 0.164. The summed E-state index contributed by atoms with van der Waals surface area (Å²) in [6.07, 6.45) is -0.292. The SMILES string of the molecule is COc1ccccc1CC(=O)N1C[C@H](O)C[C@H]1c1ccc(F)c(F)c1. The van der Waals surface area contributed by atoms with Crippen molar-refractivity contribution in [3.05, 3.63) is 65.2 Å². The largest absolute Gasteiger partial charge is 0.496 e. The molecule has 1 fully saturated rings. The first-order valence-corrected chi connectivity index (χ1v) is 8.04. The second-order valence-electron chi connectivity index (χ2n) is 6.11. The van der Waals surface area contributed by atoms with E-state index in [4.69, 9.17) is 4.74 Å². The van der Waals surface area contributed by atoms with Crippen LogP contribution in [0.5, 0.6) is 5.75 Å². The molecular formula is C19H19F2NO3. The Morgan fingerprint density at radius 1 is 1.24 bits per heavy atom. The van der Waals surface area contributed by atoms with Gasteiger partial charge < -0.3 is 14.7 Å². The Bertz CT molecular complexity index is 781. The average Bonchev–Trinajstić information content (AvgIpc) is 3.00. The van der Waals surface area contributed by atoms with Crippen LogP contribution in [-0.2, 0) is 11.2 Å². The molecule has 1 N–H and O–H groups in total. The highest BCUT2D eigenvalue weighted by atomic mass is 19.2. The number of ether oxygens (including phenoxy) is 1. The number of β-amino-alcohol motifs (C(OH)–C–C–N with tert-alkyl or cyclic N) is 1. The number of rotatable bonds is 4. The lowest BCUT2D eigenvalue weighted by Gasteiger charge is -2.25. The van der Waals surface area contributed by atoms with Crippen LogP contribution in [0.1, 0.15) is 23.6 Å². The summed E-state index contributed by atoms with van der Waals surface area (Å²) in [6, 6.07) is 10.3. The van der Waals surface area contributed by atoms with Crippen molar-refractivity contribution in [1.29, 1.82) is 0 Å². The molecule has 0 unspecified atom stereocenters. The normalized spacial score (nSPS) is 19.9. The number of methoxy groups -OCH3 is 1. The van der Waals surface area contributed by atoms with Gasteiger partial charge in [0.1, 0.15) is 5.75 Å². The molecule has 2 aromatic rings. The number of amides is 1. The van der Waals surface area contributed by atoms with Gasteiger partial charge in [-0.3, -0.25) is 4.79 Å². The zero-order valence-electron chi connectivity index (χ0n) is 13.8. The number of aliphatic hydroxyl groups excluding tert-OH is 1. The maximum absolute atomic E-state index is 13.5. The molecule has 0 radical (unpaired) electrons. The number of benzene rings is 2. The second kappa shape index (κ2) is 7.19. The van der Waals surface area contributed by atoms with Crippen molar-refractivity contribution in [2.75, 3.05) is 13.7 Å². The molecule has 0 aromatic heterocycles. The van der Waals surface area contributed by atoms with Gasteiger partial charge in [-0.15, -0.1) is 0 Å². The maximum atomic E-state index is 13.5. The van der Waals surface area contributed by atoms with E-state index in [0.717, 1.165) is 17.7 Å². The van der Waals surface area contributed by atoms with Crippen molar-refractivity contribution in [1.82, 2.24) is 4.90 Å². The monoisotopic (exact) mass is 347 g/mol. The molecule has 25 heavy (non-hydrogen) atoms. The summed E-state index contributed by atoms with van der Waals surface area (Å²) in [5.41, 5.74) is 1.21. The number of aliphatic hydroxyl groups is 1. The predicted molar refractivity (Wildman–Crippen MR) is 88.1 cm³/mol. The number of hydrogen-bond donors (Lipinski definition) is 1. The Kier molecular flexibility index (Phi) is 4.99. The van der Waals surface area contributed by atoms with Crippen molar-refractivity contribution >= 4 is 5.91 Å². The lowest BCUT2D eigenvalue weighted by molar-refractivity contribution is -0.131. The lowest BCUT2D eigenvalue weighted by atomic mass is 10.0. The van der Waals surface area contributed by atoms with E-state index in [1.165, 1.54) is 18.1 Å². The summed E-state index contributed by atoms with van der Waals surface area (Å²) >= 11 is 0. The molecule has 3 rings (SSSR count). The van der Waals surface area contributed by atoms with Gasteiger partial charge in [0.2, 0.25) is 5.91 Å². The van der Waals surface area contributed by atoms with Crippen LogP contribution < -0.4 is 4.74 Å². The smallest absolute Gasteiger partial charge is 0.227 e. The van der Waals surface area contributed by atoms with Crippen LogP contribution in [0.4, 0.5) is 8.78 Å². The Labute approximate surface area is 144 Å². The van der Waals surface area contributed by atoms with Crippen LogP contribution in [-0.4, -0.2) is 35.7 Å². The molecule has 2 aromatic carbocycles. The zero-order valence-corrected chi connectivity index (χ0v) is 13.8. The molecular weight excluding hydrogens is 328 g/mol. The number of carbonyl (C=O) groups is 1. The maximum Gasteiger partial charge on any atom is 0.227 e. The molecule has 1 aliphatic rings. The summed E-state index contributed by atoms with van der Waals surface area (Å²) in [5.74, 6) is -1.49. The molecule has 0 saturated carbocycles. The third kappa shape index (κ3) is 3.64. The fourth-order valence-electron chi connectivity index (χ4n) is 3.24. The van der Waals surface area contributed by atoms with Gasteiger partial charge in [-0.05, 0) is 30.2 Å². The van der Waals surface area contributed by atoms with E-state index in [1.54, 1.807) is 12.1 Å². The molecule has 0 spiro atoms. The van der Waals surface area contributed by atoms with Gasteiger partial charge in [-0.25, -0.2) is 8.78 Å². The van der Waals surface area contributed by atoms with Gasteiger partial charge in [-0.2, -0.15) is 0 Å². The van der Waals surface area contributed by atoms with E-state index in [0.29, 0.717) is 17.7 Å². The first-order chi connectivity index (χ1) is 12.0. The molecule has 132 valence electrons. The quantitative estimate of drug-likeness (QED) is 0.925. The first-order valence-electron chi connectivity index (χ1n) is 8.04. The average molecular weight is 347 g/mol. The Morgan fingerprint density at radius 3 is 2.72 bits per heavy atom. The summed E-state index contributed by atoms with van der Waals surface area (Å²) in [4.78, 5) is 14.3. The molecule has 4 nitrogen and oxygen atoms in total. The number of likely N-dealkylation sites (tertiary alicyclic amines) is 1. The fraction of sp³-hybridized carbons (Fsp3) is 0.316. The first kappa shape index (κ1) is 17.4. The van der Waals surface area contributed by atoms with E-state index >= 15 is 0 Å². The van der Waals surface area contributed by atoms with Crippen LogP contribution in [0.25, 0.3) is 0 Å². The highest BCUT2D eigenvalue weighted by Crippen LogP contribution is 2.33. The lowest BCUT2D eigenvalue weighted by Crippen LogP contribution is -2.33. The van der Waals surface area contributed by atoms with Gasteiger partial charge in [0.25, 0.3) is 0 Å². The molecule has 1 heterocycles. The molecule has 0 bridgehead atoms. The van der Waals surface area contributed by atoms with Gasteiger partial charge in [-0.1, -0.05) is 24.3 Å². The summed E-state index contributed by atoms with van der Waals surface area (Å²) in [5, 5.41) is 9.98. The van der Waals surface area contributed by atoms with Gasteiger partial charge in [0.05, 0.1) is 25.7 Å². The number of nitrogens with zero attached hydrogens (tertiary/aromatic N) is 1. The van der Waals surface area contributed by atoms with Crippen molar-refractivity contribution in [2.24, 2.45) is 0 Å². The second-order valence-corrected chi connectivity index (χ2v) is 6.11. The molecule has 2 atom stereocenters. The number of para-hydroxylation sites is 1. The Hall–Kier alpha value is -2.47. The van der Waals surface area contributed by atoms with Crippen LogP contribution in [0.2, 0.25) is 0 Å². The number of hydrogen-bond acceptors (Lipinski definition) is 3. The van der Waals surface area contributed by atoms with E-state index in [-0.39, 0.29) is 18.9 Å². The fourth-order valence-corrected chi connectivity index (χ4v) is 3.24. The van der Waals surface area contributed by atoms with Crippen LogP contribution in [0.3, 0.4) is 0 Å². The predicted octanol–water partition coefficient (Wildman–Crippen LogP) is 2.85. The highest BCUT2D eigenvalue weighted by Gasteiger charge is 2.35. The van der Waals surface area contributed by atoms with Gasteiger partial charge in [0.15, 0.2) is 11.6 Å². The third-order valence-electron chi connectivity index (χ3n) is 4.46. The van der Waals surface area contributed by atoms with Crippen molar-refractivity contribution in [3.63, 3.8) is 0 Å². The van der Waals surface area contributed by atoms with E-state index in [1.807, 2.05) is 12.1 Å². The van der Waals surface area contributed by atoms with Gasteiger partial charge >= 0.3 is 0 Å². The minimum atomic E-state index is -0.962. The van der Waals surface area contributed by atoms with Crippen LogP contribution in [0, 0.1) is 11.6 Å². The molecule has 6 heteroatoms. The third-order valence-corrected chi connectivity index (χ3v) is 4.46. The summed E-state index contributed by atoms with van der Waals surface area (Å²) < 4.78 is 32.0. The molecule has 1 saturated heterocycles. The summed E-state index contributed by atoms with van der Waals surface area (Å²) in [7, 11) is 1.53. The topological polar surface area (TPSA) is 49.8 Å². The standard InChI is InChI=1S/C19H19F2NO3/c1-25-18-5-3-2-4-13(18)9-19(24)22-11-14(23)10-17(22)12-6-7-15(20)16(21)8-12/h2-8,14,17,23H,9-11H2,1H3/t14-,17+/m1/s1. The highest BCUT2D eigenvalue weighted by molar-refractivity contribution is 5.80. The van der Waals surface area contributed by atoms with Gasteiger partial charge in [0, 0.05) is 12.1 Å². The molecule has 0 aliphatic carbocycles. The number of halogens is 2. The Balaban J connectivity index is 1.83. The molecule has 1 aliphatic heterocycles. The van der Waals surface area contributed by atoms with E-state index in [2.05, 4.69) is 0 Å². The van der Waals surface area contributed by atoms with E-state index < -0.39 is 23.8 Å². The van der Waals surface area contributed by atoms with Crippen molar-refractivity contribution in [2.45, 2.75) is 25.0 Å². The molecule has 1 amide bonds. The zero-order chi connectivity index (χ0) is 18.0. The van der Waals surface area contributed by atoms with Crippen LogP contribution >= 0.6 is 0 Å². The van der Waals surface area contributed by atoms with Crippen molar-refractivity contribution in [3.8, 4) is 5.75 Å². The van der Waals surface area contributed by atoms with Crippen molar-refractivity contribution < 1.29 is 23.4 Å². The minimum Gasteiger partial charge on any atom is -0.496 e. The van der Waals surface area contributed by atoms with Crippen LogP contribution in [0.15, 0.2) is 42.5 Å². The number of carbonyl (C=O) groups excluding carboxylic acids is 1. The minimum absolute atomic E-state index is 0.108. The van der Waals surface area contributed by atoms with E-state index in [9.17, 15) is 18.7 Å². The Morgan fingerprint density at radius 2 is 2.00 bits per heavy atom.